The summed E-state index contributed by atoms with van der Waals surface area (Å²) in [7, 11) is 1.68. The van der Waals surface area contributed by atoms with Gasteiger partial charge in [-0.05, 0) is 29.1 Å². The van der Waals surface area contributed by atoms with Crippen molar-refractivity contribution in [2.24, 2.45) is 0 Å². The lowest BCUT2D eigenvalue weighted by atomic mass is 10.0. The number of carbonyl (C=O) groups is 1. The van der Waals surface area contributed by atoms with Crippen molar-refractivity contribution >= 4 is 34.0 Å². The van der Waals surface area contributed by atoms with Gasteiger partial charge in [-0.1, -0.05) is 36.4 Å². The standard InChI is InChI=1S/C13H13N3OS/c1-14-13(18)16-15-12(17)11-8-4-6-9-5-2-3-7-10(9)11/h2-8H,1H3,(H,15,17)(H2,14,16,18). The van der Waals surface area contributed by atoms with Crippen LogP contribution in [0.3, 0.4) is 0 Å². The highest BCUT2D eigenvalue weighted by Gasteiger charge is 2.08. The Bertz CT molecular complexity index is 592. The van der Waals surface area contributed by atoms with Gasteiger partial charge in [0, 0.05) is 12.6 Å². The second-order valence-corrected chi connectivity index (χ2v) is 4.09. The van der Waals surface area contributed by atoms with E-state index >= 15 is 0 Å². The zero-order valence-electron chi connectivity index (χ0n) is 9.86. The predicted octanol–water partition coefficient (Wildman–Crippen LogP) is 1.58. The highest BCUT2D eigenvalue weighted by atomic mass is 32.1. The van der Waals surface area contributed by atoms with E-state index in [1.165, 1.54) is 0 Å². The quantitative estimate of drug-likeness (QED) is 0.537. The van der Waals surface area contributed by atoms with Crippen molar-refractivity contribution in [1.82, 2.24) is 16.2 Å². The van der Waals surface area contributed by atoms with Crippen molar-refractivity contribution in [1.29, 1.82) is 0 Å². The highest BCUT2D eigenvalue weighted by Crippen LogP contribution is 2.17. The van der Waals surface area contributed by atoms with Gasteiger partial charge in [-0.3, -0.25) is 15.6 Å². The Balaban J connectivity index is 2.25. The average Bonchev–Trinajstić information content (AvgIpc) is 2.43. The molecule has 5 heteroatoms. The SMILES string of the molecule is CNC(=S)NNC(=O)c1cccc2ccccc12. The molecule has 18 heavy (non-hydrogen) atoms. The zero-order valence-corrected chi connectivity index (χ0v) is 10.7. The summed E-state index contributed by atoms with van der Waals surface area (Å²) in [6, 6.07) is 13.3. The topological polar surface area (TPSA) is 53.2 Å². The summed E-state index contributed by atoms with van der Waals surface area (Å²) >= 11 is 4.88. The minimum absolute atomic E-state index is 0.218. The smallest absolute Gasteiger partial charge is 0.270 e. The molecule has 0 unspecified atom stereocenters. The number of carbonyl (C=O) groups excluding carboxylic acids is 1. The van der Waals surface area contributed by atoms with Crippen LogP contribution in [0.15, 0.2) is 42.5 Å². The molecule has 2 aromatic rings. The fraction of sp³-hybridized carbons (Fsp3) is 0.0769. The third-order valence-electron chi connectivity index (χ3n) is 2.55. The molecule has 0 radical (unpaired) electrons. The highest BCUT2D eigenvalue weighted by molar-refractivity contribution is 7.80. The number of hydrazine groups is 1. The van der Waals surface area contributed by atoms with Crippen LogP contribution in [-0.2, 0) is 0 Å². The number of amides is 1. The zero-order chi connectivity index (χ0) is 13.0. The normalized spacial score (nSPS) is 9.83. The first-order chi connectivity index (χ1) is 8.72. The lowest BCUT2D eigenvalue weighted by Gasteiger charge is -2.10. The van der Waals surface area contributed by atoms with Crippen molar-refractivity contribution in [2.45, 2.75) is 0 Å². The molecule has 0 saturated heterocycles. The molecule has 0 atom stereocenters. The molecule has 0 heterocycles. The molecule has 0 aliphatic carbocycles. The predicted molar refractivity (Wildman–Crippen MR) is 76.2 cm³/mol. The number of fused-ring (bicyclic) bond motifs is 1. The van der Waals surface area contributed by atoms with Gasteiger partial charge in [0.25, 0.3) is 5.91 Å². The Kier molecular flexibility index (Phi) is 3.74. The molecule has 0 bridgehead atoms. The third-order valence-corrected chi connectivity index (χ3v) is 2.86. The van der Waals surface area contributed by atoms with Crippen molar-refractivity contribution < 1.29 is 4.79 Å². The average molecular weight is 259 g/mol. The Labute approximate surface area is 110 Å². The number of nitrogens with one attached hydrogen (secondary N) is 3. The van der Waals surface area contributed by atoms with Gasteiger partial charge in [-0.25, -0.2) is 0 Å². The lowest BCUT2D eigenvalue weighted by Crippen LogP contribution is -2.45. The van der Waals surface area contributed by atoms with Crippen LogP contribution in [-0.4, -0.2) is 18.1 Å². The maximum absolute atomic E-state index is 12.0. The van der Waals surface area contributed by atoms with Crippen LogP contribution in [0.4, 0.5) is 0 Å². The van der Waals surface area contributed by atoms with Gasteiger partial charge >= 0.3 is 0 Å². The summed E-state index contributed by atoms with van der Waals surface area (Å²) in [6.07, 6.45) is 0. The minimum atomic E-state index is -0.218. The van der Waals surface area contributed by atoms with Crippen LogP contribution in [0, 0.1) is 0 Å². The number of rotatable bonds is 1. The molecular formula is C13H13N3OS. The van der Waals surface area contributed by atoms with Crippen molar-refractivity contribution in [2.75, 3.05) is 7.05 Å². The van der Waals surface area contributed by atoms with Gasteiger partial charge < -0.3 is 5.32 Å². The number of benzene rings is 2. The van der Waals surface area contributed by atoms with Crippen LogP contribution >= 0.6 is 12.2 Å². The van der Waals surface area contributed by atoms with Gasteiger partial charge in [0.15, 0.2) is 5.11 Å². The summed E-state index contributed by atoms with van der Waals surface area (Å²) in [5.41, 5.74) is 5.78. The van der Waals surface area contributed by atoms with Crippen LogP contribution in [0.5, 0.6) is 0 Å². The van der Waals surface area contributed by atoms with Gasteiger partial charge in [-0.15, -0.1) is 0 Å². The molecule has 0 aromatic heterocycles. The summed E-state index contributed by atoms with van der Waals surface area (Å²) in [4.78, 5) is 12.0. The van der Waals surface area contributed by atoms with Crippen LogP contribution in [0.2, 0.25) is 0 Å². The third kappa shape index (κ3) is 2.57. The molecule has 0 aliphatic heterocycles. The maximum Gasteiger partial charge on any atom is 0.270 e. The van der Waals surface area contributed by atoms with E-state index in [-0.39, 0.29) is 5.91 Å². The lowest BCUT2D eigenvalue weighted by molar-refractivity contribution is 0.0945. The van der Waals surface area contributed by atoms with E-state index in [4.69, 9.17) is 12.2 Å². The summed E-state index contributed by atoms with van der Waals surface area (Å²) < 4.78 is 0. The van der Waals surface area contributed by atoms with E-state index in [1.807, 2.05) is 36.4 Å². The summed E-state index contributed by atoms with van der Waals surface area (Å²) in [5, 5.41) is 5.02. The molecule has 92 valence electrons. The van der Waals surface area contributed by atoms with E-state index < -0.39 is 0 Å². The van der Waals surface area contributed by atoms with Crippen LogP contribution < -0.4 is 16.2 Å². The summed E-state index contributed by atoms with van der Waals surface area (Å²) in [5.74, 6) is -0.218. The Morgan fingerprint density at radius 1 is 1.06 bits per heavy atom. The molecule has 0 aliphatic rings. The van der Waals surface area contributed by atoms with Crippen molar-refractivity contribution in [3.05, 3.63) is 48.0 Å². The largest absolute Gasteiger partial charge is 0.364 e. The van der Waals surface area contributed by atoms with Crippen LogP contribution in [0.25, 0.3) is 10.8 Å². The fourth-order valence-corrected chi connectivity index (χ4v) is 1.72. The fourth-order valence-electron chi connectivity index (χ4n) is 1.67. The number of hydrogen-bond acceptors (Lipinski definition) is 2. The van der Waals surface area contributed by atoms with Gasteiger partial charge in [0.05, 0.1) is 0 Å². The first-order valence-electron chi connectivity index (χ1n) is 5.48. The van der Waals surface area contributed by atoms with E-state index in [1.54, 1.807) is 13.1 Å². The summed E-state index contributed by atoms with van der Waals surface area (Å²) in [6.45, 7) is 0. The minimum Gasteiger partial charge on any atom is -0.364 e. The maximum atomic E-state index is 12.0. The Morgan fingerprint density at radius 2 is 1.78 bits per heavy atom. The molecule has 0 fully saturated rings. The molecule has 1 amide bonds. The second kappa shape index (κ2) is 5.46. The molecule has 0 saturated carbocycles. The molecular weight excluding hydrogens is 246 g/mol. The number of hydrogen-bond donors (Lipinski definition) is 3. The van der Waals surface area contributed by atoms with Crippen molar-refractivity contribution in [3.8, 4) is 0 Å². The number of thiocarbonyl (C=S) groups is 1. The Hall–Kier alpha value is -2.14. The second-order valence-electron chi connectivity index (χ2n) is 3.68. The molecule has 0 spiro atoms. The van der Waals surface area contributed by atoms with Crippen molar-refractivity contribution in [3.63, 3.8) is 0 Å². The van der Waals surface area contributed by atoms with Gasteiger partial charge in [-0.2, -0.15) is 0 Å². The molecule has 2 rings (SSSR count). The molecule has 3 N–H and O–H groups in total. The van der Waals surface area contributed by atoms with E-state index in [9.17, 15) is 4.79 Å². The molecule has 2 aromatic carbocycles. The van der Waals surface area contributed by atoms with Gasteiger partial charge in [0.1, 0.15) is 0 Å². The Morgan fingerprint density at radius 3 is 2.56 bits per heavy atom. The van der Waals surface area contributed by atoms with Gasteiger partial charge in [0.2, 0.25) is 0 Å². The van der Waals surface area contributed by atoms with E-state index in [2.05, 4.69) is 16.2 Å². The first kappa shape index (κ1) is 12.3. The van der Waals surface area contributed by atoms with E-state index in [0.29, 0.717) is 10.7 Å². The monoisotopic (exact) mass is 259 g/mol. The first-order valence-corrected chi connectivity index (χ1v) is 5.89. The molecule has 4 nitrogen and oxygen atoms in total. The van der Waals surface area contributed by atoms with Crippen LogP contribution in [0.1, 0.15) is 10.4 Å². The van der Waals surface area contributed by atoms with E-state index in [0.717, 1.165) is 10.8 Å².